The van der Waals surface area contributed by atoms with Gasteiger partial charge in [-0.25, -0.2) is 0 Å². The first-order valence-corrected chi connectivity index (χ1v) is 7.01. The summed E-state index contributed by atoms with van der Waals surface area (Å²) in [5, 5.41) is 0. The van der Waals surface area contributed by atoms with E-state index in [1.165, 1.54) is 6.42 Å². The van der Waals surface area contributed by atoms with Crippen molar-refractivity contribution in [1.29, 1.82) is 0 Å². The first-order valence-electron chi connectivity index (χ1n) is 6.22. The predicted molar refractivity (Wildman–Crippen MR) is 73.1 cm³/mol. The molecule has 0 spiro atoms. The highest BCUT2D eigenvalue weighted by molar-refractivity contribution is 9.10. The summed E-state index contributed by atoms with van der Waals surface area (Å²) < 4.78 is 7.02. The molecule has 1 aliphatic carbocycles. The molecule has 1 fully saturated rings. The lowest BCUT2D eigenvalue weighted by Crippen LogP contribution is -2.34. The lowest BCUT2D eigenvalue weighted by atomic mass is 9.71. The molecule has 3 heteroatoms. The number of pyridine rings is 1. The molecular weight excluding hydrogens is 278 g/mol. The number of hydrogen-bond acceptors (Lipinski definition) is 2. The average Bonchev–Trinajstić information content (AvgIpc) is 2.13. The van der Waals surface area contributed by atoms with Gasteiger partial charge in [0.2, 0.25) is 0 Å². The maximum atomic E-state index is 6.05. The fraction of sp³-hybridized carbons (Fsp3) is 0.643. The summed E-state index contributed by atoms with van der Waals surface area (Å²) in [6.45, 7) is 6.98. The van der Waals surface area contributed by atoms with Gasteiger partial charge in [0.25, 0.3) is 0 Å². The molecule has 0 radical (unpaired) electrons. The quantitative estimate of drug-likeness (QED) is 0.805. The first-order chi connectivity index (χ1) is 7.94. The lowest BCUT2D eigenvalue weighted by molar-refractivity contribution is 0.0560. The van der Waals surface area contributed by atoms with Gasteiger partial charge in [-0.3, -0.25) is 4.98 Å². The largest absolute Gasteiger partial charge is 0.489 e. The van der Waals surface area contributed by atoms with Crippen molar-refractivity contribution in [2.24, 2.45) is 11.3 Å². The van der Waals surface area contributed by atoms with Gasteiger partial charge in [-0.05, 0) is 52.6 Å². The van der Waals surface area contributed by atoms with E-state index in [0.29, 0.717) is 11.5 Å². The highest BCUT2D eigenvalue weighted by Gasteiger charge is 2.33. The molecule has 1 aromatic rings. The van der Waals surface area contributed by atoms with Crippen molar-refractivity contribution in [2.75, 3.05) is 0 Å². The summed E-state index contributed by atoms with van der Waals surface area (Å²) >= 11 is 3.42. The van der Waals surface area contributed by atoms with Crippen molar-refractivity contribution in [3.63, 3.8) is 0 Å². The maximum absolute atomic E-state index is 6.05. The van der Waals surface area contributed by atoms with Crippen molar-refractivity contribution in [3.05, 3.63) is 22.9 Å². The molecule has 1 saturated carbocycles. The van der Waals surface area contributed by atoms with E-state index in [1.54, 1.807) is 12.4 Å². The second-order valence-electron chi connectivity index (χ2n) is 5.99. The van der Waals surface area contributed by atoms with E-state index in [0.717, 1.165) is 29.0 Å². The number of hydrogen-bond donors (Lipinski definition) is 0. The Morgan fingerprint density at radius 2 is 2.12 bits per heavy atom. The molecule has 2 rings (SSSR count). The second-order valence-corrected chi connectivity index (χ2v) is 6.91. The summed E-state index contributed by atoms with van der Waals surface area (Å²) in [5.41, 5.74) is 0.391. The van der Waals surface area contributed by atoms with E-state index in [9.17, 15) is 0 Å². The van der Waals surface area contributed by atoms with Crippen LogP contribution in [0.15, 0.2) is 22.9 Å². The van der Waals surface area contributed by atoms with Gasteiger partial charge >= 0.3 is 0 Å². The van der Waals surface area contributed by atoms with E-state index >= 15 is 0 Å². The summed E-state index contributed by atoms with van der Waals surface area (Å²) in [7, 11) is 0. The zero-order chi connectivity index (χ0) is 12.5. The number of ether oxygens (including phenoxy) is 1. The number of halogens is 1. The van der Waals surface area contributed by atoms with Gasteiger partial charge < -0.3 is 4.74 Å². The smallest absolute Gasteiger partial charge is 0.139 e. The van der Waals surface area contributed by atoms with Crippen LogP contribution in [0.25, 0.3) is 0 Å². The van der Waals surface area contributed by atoms with Crippen LogP contribution in [-0.2, 0) is 0 Å². The topological polar surface area (TPSA) is 22.1 Å². The van der Waals surface area contributed by atoms with Crippen LogP contribution in [0.1, 0.15) is 40.0 Å². The van der Waals surface area contributed by atoms with Crippen LogP contribution in [0, 0.1) is 11.3 Å². The van der Waals surface area contributed by atoms with Crippen molar-refractivity contribution >= 4 is 15.9 Å². The van der Waals surface area contributed by atoms with Crippen LogP contribution < -0.4 is 4.74 Å². The molecule has 0 N–H and O–H groups in total. The van der Waals surface area contributed by atoms with Crippen LogP contribution >= 0.6 is 15.9 Å². The molecule has 0 aromatic carbocycles. The molecular formula is C14H20BrNO. The first kappa shape index (κ1) is 12.9. The summed E-state index contributed by atoms with van der Waals surface area (Å²) in [4.78, 5) is 4.13. The van der Waals surface area contributed by atoms with Gasteiger partial charge in [0.15, 0.2) is 0 Å². The minimum Gasteiger partial charge on any atom is -0.489 e. The summed E-state index contributed by atoms with van der Waals surface area (Å²) in [6, 6.07) is 1.99. The minimum absolute atomic E-state index is 0.324. The minimum atomic E-state index is 0.324. The molecule has 2 nitrogen and oxygen atoms in total. The highest BCUT2D eigenvalue weighted by Crippen LogP contribution is 2.40. The van der Waals surface area contributed by atoms with Crippen LogP contribution in [0.4, 0.5) is 0 Å². The Hall–Kier alpha value is -0.570. The van der Waals surface area contributed by atoms with Gasteiger partial charge in [0.1, 0.15) is 5.75 Å². The van der Waals surface area contributed by atoms with Crippen molar-refractivity contribution in [1.82, 2.24) is 4.98 Å². The van der Waals surface area contributed by atoms with Gasteiger partial charge in [-0.1, -0.05) is 20.8 Å². The Kier molecular flexibility index (Phi) is 3.76. The van der Waals surface area contributed by atoms with Crippen LogP contribution in [0.3, 0.4) is 0 Å². The molecule has 0 saturated heterocycles. The molecule has 94 valence electrons. The average molecular weight is 298 g/mol. The van der Waals surface area contributed by atoms with Gasteiger partial charge in [0, 0.05) is 10.7 Å². The molecule has 1 heterocycles. The number of aromatic nitrogens is 1. The standard InChI is InChI=1S/C14H20BrNO/c1-10-4-12(7-14(2,3)6-10)17-13-5-11(15)8-16-9-13/h5,8-10,12H,4,6-7H2,1-3H3. The van der Waals surface area contributed by atoms with Crippen LogP contribution in [0.5, 0.6) is 5.75 Å². The van der Waals surface area contributed by atoms with Crippen molar-refractivity contribution in [3.8, 4) is 5.75 Å². The monoisotopic (exact) mass is 297 g/mol. The predicted octanol–water partition coefficient (Wildman–Crippen LogP) is 4.44. The van der Waals surface area contributed by atoms with E-state index in [2.05, 4.69) is 41.7 Å². The normalized spacial score (nSPS) is 27.8. The Morgan fingerprint density at radius 3 is 2.76 bits per heavy atom. The molecule has 0 amide bonds. The highest BCUT2D eigenvalue weighted by atomic mass is 79.9. The van der Waals surface area contributed by atoms with Crippen LogP contribution in [0.2, 0.25) is 0 Å². The fourth-order valence-corrected chi connectivity index (χ4v) is 3.34. The number of nitrogens with zero attached hydrogens (tertiary/aromatic N) is 1. The van der Waals surface area contributed by atoms with Gasteiger partial charge in [-0.15, -0.1) is 0 Å². The third-order valence-corrected chi connectivity index (χ3v) is 3.76. The third kappa shape index (κ3) is 3.70. The van der Waals surface area contributed by atoms with Crippen molar-refractivity contribution in [2.45, 2.75) is 46.1 Å². The maximum Gasteiger partial charge on any atom is 0.139 e. The lowest BCUT2D eigenvalue weighted by Gasteiger charge is -2.38. The molecule has 1 aliphatic rings. The zero-order valence-corrected chi connectivity index (χ0v) is 12.3. The Balaban J connectivity index is 2.03. The van der Waals surface area contributed by atoms with Gasteiger partial charge in [-0.2, -0.15) is 0 Å². The molecule has 1 aromatic heterocycles. The molecule has 17 heavy (non-hydrogen) atoms. The molecule has 2 atom stereocenters. The second kappa shape index (κ2) is 4.97. The zero-order valence-electron chi connectivity index (χ0n) is 10.7. The van der Waals surface area contributed by atoms with E-state index in [1.807, 2.05) is 6.07 Å². The Morgan fingerprint density at radius 1 is 1.35 bits per heavy atom. The Labute approximate surface area is 112 Å². The van der Waals surface area contributed by atoms with Gasteiger partial charge in [0.05, 0.1) is 12.3 Å². The number of rotatable bonds is 2. The summed E-state index contributed by atoms with van der Waals surface area (Å²) in [6.07, 6.45) is 7.46. The Bertz CT molecular complexity index is 392. The van der Waals surface area contributed by atoms with E-state index in [4.69, 9.17) is 4.74 Å². The van der Waals surface area contributed by atoms with Crippen molar-refractivity contribution < 1.29 is 4.74 Å². The molecule has 0 aliphatic heterocycles. The molecule has 2 unspecified atom stereocenters. The third-order valence-electron chi connectivity index (χ3n) is 3.33. The van der Waals surface area contributed by atoms with Crippen LogP contribution in [-0.4, -0.2) is 11.1 Å². The van der Waals surface area contributed by atoms with E-state index in [-0.39, 0.29) is 0 Å². The van der Waals surface area contributed by atoms with E-state index < -0.39 is 0 Å². The molecule has 0 bridgehead atoms. The fourth-order valence-electron chi connectivity index (χ4n) is 3.00. The SMILES string of the molecule is CC1CC(Oc2cncc(Br)c2)CC(C)(C)C1. The summed E-state index contributed by atoms with van der Waals surface area (Å²) in [5.74, 6) is 1.61.